The van der Waals surface area contributed by atoms with Gasteiger partial charge in [0, 0.05) is 10.4 Å². The zero-order valence-corrected chi connectivity index (χ0v) is 13.3. The van der Waals surface area contributed by atoms with Crippen LogP contribution in [0.15, 0.2) is 22.7 Å². The molecule has 0 radical (unpaired) electrons. The summed E-state index contributed by atoms with van der Waals surface area (Å²) in [5, 5.41) is 3.76. The van der Waals surface area contributed by atoms with Gasteiger partial charge in [0.2, 0.25) is 5.91 Å². The lowest BCUT2D eigenvalue weighted by Crippen LogP contribution is -2.27. The summed E-state index contributed by atoms with van der Waals surface area (Å²) in [5.41, 5.74) is 0.946. The van der Waals surface area contributed by atoms with E-state index in [-0.39, 0.29) is 11.8 Å². The number of hydrogen-bond donors (Lipinski definition) is 1. The first-order valence-electron chi connectivity index (χ1n) is 7.06. The normalized spacial score (nSPS) is 28.1. The second kappa shape index (κ2) is 4.81. The average molecular weight is 351 g/mol. The van der Waals surface area contributed by atoms with Crippen LogP contribution in [0, 0.1) is 17.8 Å². The molecule has 2 fully saturated rings. The molecule has 4 rings (SSSR count). The molecule has 2 saturated carbocycles. The van der Waals surface area contributed by atoms with E-state index in [0.29, 0.717) is 5.92 Å². The molecular formula is C15H15BrN2OS. The van der Waals surface area contributed by atoms with Crippen molar-refractivity contribution in [1.29, 1.82) is 0 Å². The van der Waals surface area contributed by atoms with Crippen molar-refractivity contribution >= 4 is 48.5 Å². The lowest BCUT2D eigenvalue weighted by atomic mass is 9.88. The molecule has 0 spiro atoms. The minimum Gasteiger partial charge on any atom is -0.302 e. The molecular weight excluding hydrogens is 336 g/mol. The number of nitrogens with zero attached hydrogens (tertiary/aromatic N) is 1. The van der Waals surface area contributed by atoms with Gasteiger partial charge >= 0.3 is 0 Å². The zero-order valence-electron chi connectivity index (χ0n) is 10.9. The van der Waals surface area contributed by atoms with Gasteiger partial charge in [-0.1, -0.05) is 33.7 Å². The number of aromatic nitrogens is 1. The minimum atomic E-state index is 0.176. The summed E-state index contributed by atoms with van der Waals surface area (Å²) in [6.07, 6.45) is 4.89. The summed E-state index contributed by atoms with van der Waals surface area (Å²) < 4.78 is 2.14. The zero-order chi connectivity index (χ0) is 13.7. The first-order valence-corrected chi connectivity index (χ1v) is 8.67. The minimum absolute atomic E-state index is 0.176. The monoisotopic (exact) mass is 350 g/mol. The Morgan fingerprint density at radius 1 is 1.35 bits per heavy atom. The van der Waals surface area contributed by atoms with E-state index in [1.165, 1.54) is 19.3 Å². The molecule has 1 aromatic carbocycles. The van der Waals surface area contributed by atoms with Crippen LogP contribution in [-0.2, 0) is 4.79 Å². The van der Waals surface area contributed by atoms with E-state index in [9.17, 15) is 4.79 Å². The summed E-state index contributed by atoms with van der Waals surface area (Å²) >= 11 is 5.01. The van der Waals surface area contributed by atoms with E-state index < -0.39 is 0 Å². The van der Waals surface area contributed by atoms with Crippen LogP contribution in [-0.4, -0.2) is 10.9 Å². The van der Waals surface area contributed by atoms with Gasteiger partial charge in [-0.05, 0) is 49.3 Å². The molecule has 2 aliphatic carbocycles. The van der Waals surface area contributed by atoms with Crippen LogP contribution < -0.4 is 5.32 Å². The number of amides is 1. The van der Waals surface area contributed by atoms with Crippen molar-refractivity contribution in [2.24, 2.45) is 17.8 Å². The van der Waals surface area contributed by atoms with E-state index in [1.54, 1.807) is 11.3 Å². The van der Waals surface area contributed by atoms with Crippen molar-refractivity contribution in [2.45, 2.75) is 25.7 Å². The summed E-state index contributed by atoms with van der Waals surface area (Å²) in [6, 6.07) is 5.99. The molecule has 1 amide bonds. The topological polar surface area (TPSA) is 42.0 Å². The molecule has 104 valence electrons. The van der Waals surface area contributed by atoms with Gasteiger partial charge in [0.15, 0.2) is 5.13 Å². The fourth-order valence-corrected chi connectivity index (χ4v) is 5.14. The number of fused-ring (bicyclic) bond motifs is 3. The Balaban J connectivity index is 1.53. The summed E-state index contributed by atoms with van der Waals surface area (Å²) in [4.78, 5) is 16.9. The van der Waals surface area contributed by atoms with Crippen LogP contribution in [0.25, 0.3) is 10.2 Å². The van der Waals surface area contributed by atoms with Gasteiger partial charge in [0.05, 0.1) is 10.2 Å². The highest BCUT2D eigenvalue weighted by molar-refractivity contribution is 9.10. The van der Waals surface area contributed by atoms with Crippen LogP contribution in [0.3, 0.4) is 0 Å². The van der Waals surface area contributed by atoms with E-state index in [1.807, 2.05) is 18.2 Å². The van der Waals surface area contributed by atoms with Gasteiger partial charge in [-0.2, -0.15) is 0 Å². The Bertz CT molecular complexity index is 684. The van der Waals surface area contributed by atoms with Crippen molar-refractivity contribution in [3.8, 4) is 0 Å². The molecule has 20 heavy (non-hydrogen) atoms. The first kappa shape index (κ1) is 12.8. The molecule has 0 aliphatic heterocycles. The van der Waals surface area contributed by atoms with Crippen molar-refractivity contribution in [2.75, 3.05) is 5.32 Å². The van der Waals surface area contributed by atoms with E-state index >= 15 is 0 Å². The predicted octanol–water partition coefficient (Wildman–Crippen LogP) is 4.43. The Morgan fingerprint density at radius 2 is 2.25 bits per heavy atom. The Labute approximate surface area is 129 Å². The third-order valence-electron chi connectivity index (χ3n) is 4.66. The van der Waals surface area contributed by atoms with Crippen LogP contribution >= 0.6 is 27.3 Å². The molecule has 2 aliphatic rings. The van der Waals surface area contributed by atoms with Crippen molar-refractivity contribution < 1.29 is 4.79 Å². The molecule has 2 aromatic rings. The number of carbonyl (C=O) groups excluding carboxylic acids is 1. The number of anilines is 1. The van der Waals surface area contributed by atoms with Crippen molar-refractivity contribution in [3.05, 3.63) is 22.7 Å². The van der Waals surface area contributed by atoms with Crippen molar-refractivity contribution in [3.63, 3.8) is 0 Å². The number of hydrogen-bond acceptors (Lipinski definition) is 3. The number of carbonyl (C=O) groups is 1. The summed E-state index contributed by atoms with van der Waals surface area (Å²) in [6.45, 7) is 0. The standard InChI is InChI=1S/C15H15BrN2OS/c16-10-3-4-12-13(7-10)20-15(17-12)18-14(19)11-6-8-1-2-9(11)5-8/h3-4,7-9,11H,1-2,5-6H2,(H,17,18,19)/t8-,9+,11+/m1/s1. The smallest absolute Gasteiger partial charge is 0.229 e. The highest BCUT2D eigenvalue weighted by Crippen LogP contribution is 2.48. The van der Waals surface area contributed by atoms with Crippen molar-refractivity contribution in [1.82, 2.24) is 4.98 Å². The van der Waals surface area contributed by atoms with Gasteiger partial charge < -0.3 is 5.32 Å². The SMILES string of the molecule is O=C(Nc1nc2ccc(Br)cc2s1)[C@H]1C[C@@H]2CC[C@H]1C2. The number of halogens is 1. The van der Waals surface area contributed by atoms with Gasteiger partial charge in [0.25, 0.3) is 0 Å². The maximum absolute atomic E-state index is 12.4. The molecule has 1 N–H and O–H groups in total. The number of nitrogens with one attached hydrogen (secondary N) is 1. The highest BCUT2D eigenvalue weighted by Gasteiger charge is 2.43. The number of benzene rings is 1. The molecule has 5 heteroatoms. The Hall–Kier alpha value is -0.940. The largest absolute Gasteiger partial charge is 0.302 e. The van der Waals surface area contributed by atoms with Gasteiger partial charge in [-0.25, -0.2) is 4.98 Å². The van der Waals surface area contributed by atoms with Gasteiger partial charge in [-0.15, -0.1) is 0 Å². The maximum Gasteiger partial charge on any atom is 0.229 e. The molecule has 3 nitrogen and oxygen atoms in total. The first-order chi connectivity index (χ1) is 9.69. The second-order valence-corrected chi connectivity index (χ2v) is 7.85. The molecule has 3 atom stereocenters. The Kier molecular flexibility index (Phi) is 3.07. The second-order valence-electron chi connectivity index (χ2n) is 5.90. The fourth-order valence-electron chi connectivity index (χ4n) is 3.72. The average Bonchev–Trinajstić information content (AvgIpc) is 3.11. The van der Waals surface area contributed by atoms with Gasteiger partial charge in [0.1, 0.15) is 0 Å². The highest BCUT2D eigenvalue weighted by atomic mass is 79.9. The molecule has 0 saturated heterocycles. The Morgan fingerprint density at radius 3 is 3.00 bits per heavy atom. The van der Waals surface area contributed by atoms with Crippen LogP contribution in [0.5, 0.6) is 0 Å². The molecule has 1 aromatic heterocycles. The molecule has 2 bridgehead atoms. The fraction of sp³-hybridized carbons (Fsp3) is 0.467. The maximum atomic E-state index is 12.4. The molecule has 1 heterocycles. The lowest BCUT2D eigenvalue weighted by Gasteiger charge is -2.19. The van der Waals surface area contributed by atoms with Crippen LogP contribution in [0.2, 0.25) is 0 Å². The van der Waals surface area contributed by atoms with Crippen LogP contribution in [0.1, 0.15) is 25.7 Å². The number of thiazole rings is 1. The van der Waals surface area contributed by atoms with E-state index in [0.717, 1.165) is 32.2 Å². The van der Waals surface area contributed by atoms with E-state index in [4.69, 9.17) is 0 Å². The lowest BCUT2D eigenvalue weighted by molar-refractivity contribution is -0.121. The third kappa shape index (κ3) is 2.17. The quantitative estimate of drug-likeness (QED) is 0.870. The molecule has 0 unspecified atom stereocenters. The van der Waals surface area contributed by atoms with Crippen LogP contribution in [0.4, 0.5) is 5.13 Å². The third-order valence-corrected chi connectivity index (χ3v) is 6.08. The summed E-state index contributed by atoms with van der Waals surface area (Å²) in [5.74, 6) is 1.80. The van der Waals surface area contributed by atoms with E-state index in [2.05, 4.69) is 26.2 Å². The number of rotatable bonds is 2. The van der Waals surface area contributed by atoms with Gasteiger partial charge in [-0.3, -0.25) is 4.79 Å². The predicted molar refractivity (Wildman–Crippen MR) is 84.9 cm³/mol. The summed E-state index contributed by atoms with van der Waals surface area (Å²) in [7, 11) is 0.